The van der Waals surface area contributed by atoms with Gasteiger partial charge in [0, 0.05) is 24.6 Å². The lowest BCUT2D eigenvalue weighted by atomic mass is 9.89. The van der Waals surface area contributed by atoms with E-state index in [2.05, 4.69) is 0 Å². The lowest BCUT2D eigenvalue weighted by Crippen LogP contribution is -2.31. The third-order valence-corrected chi connectivity index (χ3v) is 4.59. The number of carbonyl (C=O) groups is 2. The molecule has 1 saturated heterocycles. The molecule has 0 radical (unpaired) electrons. The van der Waals surface area contributed by atoms with Crippen molar-refractivity contribution < 1.29 is 23.5 Å². The molecule has 1 aliphatic rings. The summed E-state index contributed by atoms with van der Waals surface area (Å²) in [6, 6.07) is 12.8. The second-order valence-electron chi connectivity index (χ2n) is 6.15. The van der Waals surface area contributed by atoms with Crippen molar-refractivity contribution in [1.29, 1.82) is 0 Å². The number of amides is 1. The van der Waals surface area contributed by atoms with Crippen molar-refractivity contribution in [2.75, 3.05) is 13.1 Å². The van der Waals surface area contributed by atoms with E-state index in [1.165, 1.54) is 17.0 Å². The Labute approximate surface area is 143 Å². The van der Waals surface area contributed by atoms with Gasteiger partial charge in [-0.05, 0) is 11.6 Å². The summed E-state index contributed by atoms with van der Waals surface area (Å²) in [6.07, 6.45) is -0.294. The first-order valence-corrected chi connectivity index (χ1v) is 7.95. The van der Waals surface area contributed by atoms with Crippen molar-refractivity contribution in [2.24, 2.45) is 5.92 Å². The summed E-state index contributed by atoms with van der Waals surface area (Å²) in [5.41, 5.74) is 0.821. The Morgan fingerprint density at radius 1 is 1.04 bits per heavy atom. The van der Waals surface area contributed by atoms with Crippen LogP contribution in [-0.4, -0.2) is 35.0 Å². The molecule has 1 amide bonds. The lowest BCUT2D eigenvalue weighted by Gasteiger charge is -2.17. The minimum absolute atomic E-state index is 0.0277. The van der Waals surface area contributed by atoms with Crippen LogP contribution >= 0.6 is 0 Å². The molecule has 1 heterocycles. The molecule has 0 spiro atoms. The zero-order chi connectivity index (χ0) is 18.0. The summed E-state index contributed by atoms with van der Waals surface area (Å²) in [6.45, 7) is 0.307. The van der Waals surface area contributed by atoms with Crippen molar-refractivity contribution in [1.82, 2.24) is 4.90 Å². The molecule has 6 heteroatoms. The van der Waals surface area contributed by atoms with Crippen LogP contribution in [0.25, 0.3) is 0 Å². The van der Waals surface area contributed by atoms with Crippen LogP contribution in [0.2, 0.25) is 0 Å². The summed E-state index contributed by atoms with van der Waals surface area (Å²) < 4.78 is 27.0. The predicted molar refractivity (Wildman–Crippen MR) is 87.0 cm³/mol. The number of halogens is 2. The molecule has 0 bridgehead atoms. The van der Waals surface area contributed by atoms with Gasteiger partial charge in [-0.25, -0.2) is 8.78 Å². The first kappa shape index (κ1) is 17.1. The number of carboxylic acids is 1. The van der Waals surface area contributed by atoms with Crippen LogP contribution in [0.5, 0.6) is 0 Å². The van der Waals surface area contributed by atoms with Gasteiger partial charge in [-0.15, -0.1) is 0 Å². The number of nitrogens with zero attached hydrogens (tertiary/aromatic N) is 1. The van der Waals surface area contributed by atoms with Crippen molar-refractivity contribution in [3.63, 3.8) is 0 Å². The van der Waals surface area contributed by atoms with Gasteiger partial charge in [-0.1, -0.05) is 42.5 Å². The van der Waals surface area contributed by atoms with Crippen LogP contribution in [0.3, 0.4) is 0 Å². The zero-order valence-electron chi connectivity index (χ0n) is 13.4. The molecule has 3 rings (SSSR count). The molecule has 0 unspecified atom stereocenters. The van der Waals surface area contributed by atoms with Gasteiger partial charge in [0.1, 0.15) is 0 Å². The van der Waals surface area contributed by atoms with Crippen LogP contribution in [0, 0.1) is 17.6 Å². The molecule has 0 aromatic heterocycles. The van der Waals surface area contributed by atoms with Crippen molar-refractivity contribution in [3.05, 3.63) is 71.3 Å². The quantitative estimate of drug-likeness (QED) is 0.927. The molecule has 2 atom stereocenters. The lowest BCUT2D eigenvalue weighted by molar-refractivity contribution is -0.141. The van der Waals surface area contributed by atoms with E-state index < -0.39 is 29.4 Å². The monoisotopic (exact) mass is 345 g/mol. The van der Waals surface area contributed by atoms with E-state index in [9.17, 15) is 23.5 Å². The summed E-state index contributed by atoms with van der Waals surface area (Å²) in [4.78, 5) is 25.4. The van der Waals surface area contributed by atoms with E-state index in [-0.39, 0.29) is 31.0 Å². The Morgan fingerprint density at radius 3 is 2.44 bits per heavy atom. The largest absolute Gasteiger partial charge is 0.481 e. The summed E-state index contributed by atoms with van der Waals surface area (Å²) in [5.74, 6) is -4.46. The third kappa shape index (κ3) is 3.52. The van der Waals surface area contributed by atoms with E-state index in [1.54, 1.807) is 0 Å². The summed E-state index contributed by atoms with van der Waals surface area (Å²) >= 11 is 0. The van der Waals surface area contributed by atoms with Gasteiger partial charge in [-0.3, -0.25) is 9.59 Å². The number of carboxylic acid groups (broad SMARTS) is 1. The van der Waals surface area contributed by atoms with Gasteiger partial charge in [0.25, 0.3) is 0 Å². The highest BCUT2D eigenvalue weighted by Crippen LogP contribution is 2.33. The highest BCUT2D eigenvalue weighted by atomic mass is 19.2. The number of carbonyl (C=O) groups excluding carboxylic acids is 1. The number of rotatable bonds is 4. The van der Waals surface area contributed by atoms with Gasteiger partial charge in [0.2, 0.25) is 5.91 Å². The SMILES string of the molecule is O=C(O)[C@@H]1CN(C(=O)Cc2cccc(F)c2F)C[C@@H]1c1ccccc1. The van der Waals surface area contributed by atoms with Crippen LogP contribution in [0.15, 0.2) is 48.5 Å². The van der Waals surface area contributed by atoms with E-state index in [1.807, 2.05) is 30.3 Å². The van der Waals surface area contributed by atoms with Gasteiger partial charge < -0.3 is 10.0 Å². The second-order valence-corrected chi connectivity index (χ2v) is 6.15. The fraction of sp³-hybridized carbons (Fsp3) is 0.263. The maximum atomic E-state index is 13.8. The molecule has 130 valence electrons. The van der Waals surface area contributed by atoms with Gasteiger partial charge in [-0.2, -0.15) is 0 Å². The zero-order valence-corrected chi connectivity index (χ0v) is 13.4. The van der Waals surface area contributed by atoms with Crippen molar-refractivity contribution >= 4 is 11.9 Å². The molecular weight excluding hydrogens is 328 g/mol. The molecule has 1 N–H and O–H groups in total. The molecule has 0 saturated carbocycles. The number of benzene rings is 2. The Morgan fingerprint density at radius 2 is 1.76 bits per heavy atom. The molecule has 1 aliphatic heterocycles. The molecular formula is C19H17F2NO3. The van der Waals surface area contributed by atoms with Crippen LogP contribution in [0.4, 0.5) is 8.78 Å². The molecule has 1 fully saturated rings. The topological polar surface area (TPSA) is 57.6 Å². The van der Waals surface area contributed by atoms with Crippen molar-refractivity contribution in [2.45, 2.75) is 12.3 Å². The van der Waals surface area contributed by atoms with Crippen molar-refractivity contribution in [3.8, 4) is 0 Å². The number of aliphatic carboxylic acids is 1. The fourth-order valence-electron chi connectivity index (χ4n) is 3.26. The standard InChI is InChI=1S/C19H17F2NO3/c20-16-8-4-7-13(18(16)21)9-17(23)22-10-14(15(11-22)19(24)25)12-5-2-1-3-6-12/h1-8,14-15H,9-11H2,(H,24,25)/t14-,15-/m1/s1. The third-order valence-electron chi connectivity index (χ3n) is 4.59. The molecule has 2 aromatic carbocycles. The molecule has 25 heavy (non-hydrogen) atoms. The van der Waals surface area contributed by atoms with E-state index in [0.717, 1.165) is 11.6 Å². The van der Waals surface area contributed by atoms with Crippen LogP contribution in [0.1, 0.15) is 17.0 Å². The first-order chi connectivity index (χ1) is 12.0. The van der Waals surface area contributed by atoms with Gasteiger partial charge in [0.05, 0.1) is 12.3 Å². The fourth-order valence-corrected chi connectivity index (χ4v) is 3.26. The summed E-state index contributed by atoms with van der Waals surface area (Å²) in [7, 11) is 0. The van der Waals surface area contributed by atoms with E-state index >= 15 is 0 Å². The Balaban J connectivity index is 1.78. The highest BCUT2D eigenvalue weighted by Gasteiger charge is 2.40. The van der Waals surface area contributed by atoms with Crippen LogP contribution < -0.4 is 0 Å². The maximum Gasteiger partial charge on any atom is 0.308 e. The Bertz CT molecular complexity index is 795. The van der Waals surface area contributed by atoms with Gasteiger partial charge in [0.15, 0.2) is 11.6 Å². The number of likely N-dealkylation sites (tertiary alicyclic amines) is 1. The predicted octanol–water partition coefficient (Wildman–Crippen LogP) is 2.83. The van der Waals surface area contributed by atoms with E-state index in [0.29, 0.717) is 0 Å². The average molecular weight is 345 g/mol. The Kier molecular flexibility index (Phi) is 4.79. The maximum absolute atomic E-state index is 13.8. The second kappa shape index (κ2) is 7.01. The average Bonchev–Trinajstić information content (AvgIpc) is 3.05. The molecule has 4 nitrogen and oxygen atoms in total. The first-order valence-electron chi connectivity index (χ1n) is 7.95. The summed E-state index contributed by atoms with van der Waals surface area (Å²) in [5, 5.41) is 9.47. The minimum Gasteiger partial charge on any atom is -0.481 e. The van der Waals surface area contributed by atoms with Crippen LogP contribution in [-0.2, 0) is 16.0 Å². The highest BCUT2D eigenvalue weighted by molar-refractivity contribution is 5.81. The van der Waals surface area contributed by atoms with Gasteiger partial charge >= 0.3 is 5.97 Å². The normalized spacial score (nSPS) is 19.8. The number of hydrogen-bond acceptors (Lipinski definition) is 2. The molecule has 2 aromatic rings. The number of hydrogen-bond donors (Lipinski definition) is 1. The molecule has 0 aliphatic carbocycles. The smallest absolute Gasteiger partial charge is 0.308 e. The Hall–Kier alpha value is -2.76. The minimum atomic E-state index is -1.04. The van der Waals surface area contributed by atoms with E-state index in [4.69, 9.17) is 0 Å².